The number of ether oxygens (including phenoxy) is 1. The van der Waals surface area contributed by atoms with E-state index in [1.54, 1.807) is 36.4 Å². The van der Waals surface area contributed by atoms with Gasteiger partial charge in [-0.05, 0) is 61.1 Å². The molecule has 0 aliphatic carbocycles. The Morgan fingerprint density at radius 3 is 2.58 bits per heavy atom. The number of halogens is 2. The van der Waals surface area contributed by atoms with Crippen LogP contribution < -0.4 is 20.9 Å². The summed E-state index contributed by atoms with van der Waals surface area (Å²) < 4.78 is 5.34. The summed E-state index contributed by atoms with van der Waals surface area (Å²) in [6, 6.07) is 11.4. The Labute approximate surface area is 165 Å². The molecule has 0 saturated heterocycles. The lowest BCUT2D eigenvalue weighted by Crippen LogP contribution is -2.49. The van der Waals surface area contributed by atoms with E-state index in [0.29, 0.717) is 21.4 Å². The Bertz CT molecular complexity index is 846. The fourth-order valence-electron chi connectivity index (χ4n) is 1.85. The largest absolute Gasteiger partial charge is 0.484 e. The van der Waals surface area contributed by atoms with Crippen LogP contribution in [0.3, 0.4) is 0 Å². The van der Waals surface area contributed by atoms with Crippen molar-refractivity contribution >= 4 is 52.3 Å². The maximum Gasteiger partial charge on any atom is 0.276 e. The summed E-state index contributed by atoms with van der Waals surface area (Å²) in [5.41, 5.74) is 5.93. The number of hydrogen-bond acceptors (Lipinski definition) is 4. The Morgan fingerprint density at radius 2 is 1.88 bits per heavy atom. The smallest absolute Gasteiger partial charge is 0.276 e. The number of aryl methyl sites for hydroxylation is 1. The minimum atomic E-state index is -0.475. The molecule has 0 aliphatic rings. The minimum Gasteiger partial charge on any atom is -0.484 e. The molecule has 0 aliphatic heterocycles. The van der Waals surface area contributed by atoms with Crippen LogP contribution in [0, 0.1) is 6.92 Å². The molecule has 2 aromatic rings. The summed E-state index contributed by atoms with van der Waals surface area (Å²) >= 11 is 16.7. The number of rotatable bonds is 4. The highest BCUT2D eigenvalue weighted by Gasteiger charge is 2.09. The fourth-order valence-corrected chi connectivity index (χ4v) is 2.31. The number of amides is 2. The summed E-state index contributed by atoms with van der Waals surface area (Å²) in [6.45, 7) is 1.59. The van der Waals surface area contributed by atoms with Crippen molar-refractivity contribution in [3.8, 4) is 5.75 Å². The summed E-state index contributed by atoms with van der Waals surface area (Å²) in [6.07, 6.45) is 0. The highest BCUT2D eigenvalue weighted by molar-refractivity contribution is 7.80. The average molecular weight is 412 g/mol. The normalized spacial score (nSPS) is 9.96. The Hall–Kier alpha value is -2.35. The summed E-state index contributed by atoms with van der Waals surface area (Å²) in [5.74, 6) is -0.414. The van der Waals surface area contributed by atoms with Crippen LogP contribution in [0.2, 0.25) is 10.0 Å². The van der Waals surface area contributed by atoms with Crippen LogP contribution >= 0.6 is 35.4 Å². The lowest BCUT2D eigenvalue weighted by atomic mass is 10.2. The highest BCUT2D eigenvalue weighted by Crippen LogP contribution is 2.20. The number of benzene rings is 2. The van der Waals surface area contributed by atoms with Gasteiger partial charge in [0.2, 0.25) is 0 Å². The summed E-state index contributed by atoms with van der Waals surface area (Å²) in [5, 5.41) is 3.40. The fraction of sp³-hybridized carbons (Fsp3) is 0.118. The predicted molar refractivity (Wildman–Crippen MR) is 104 cm³/mol. The number of carbonyl (C=O) groups is 2. The molecule has 2 aromatic carbocycles. The predicted octanol–water partition coefficient (Wildman–Crippen LogP) is 3.02. The van der Waals surface area contributed by atoms with E-state index in [1.165, 1.54) is 6.07 Å². The minimum absolute atomic E-state index is 0.0642. The van der Waals surface area contributed by atoms with Crippen molar-refractivity contribution in [3.63, 3.8) is 0 Å². The molecule has 0 aromatic heterocycles. The van der Waals surface area contributed by atoms with Gasteiger partial charge in [0, 0.05) is 15.6 Å². The van der Waals surface area contributed by atoms with E-state index in [0.717, 1.165) is 5.56 Å². The SMILES string of the molecule is Cc1cc(OCC(=O)NNC(=S)NC(=O)c2cccc(Cl)c2)ccc1Cl. The second-order valence-electron chi connectivity index (χ2n) is 5.17. The van der Waals surface area contributed by atoms with Gasteiger partial charge in [-0.1, -0.05) is 29.3 Å². The third-order valence-electron chi connectivity index (χ3n) is 3.13. The average Bonchev–Trinajstić information content (AvgIpc) is 2.61. The third kappa shape index (κ3) is 6.18. The van der Waals surface area contributed by atoms with Crippen molar-refractivity contribution in [3.05, 3.63) is 63.6 Å². The molecule has 136 valence electrons. The molecule has 0 radical (unpaired) electrons. The van der Waals surface area contributed by atoms with Gasteiger partial charge >= 0.3 is 0 Å². The van der Waals surface area contributed by atoms with Gasteiger partial charge in [-0.3, -0.25) is 25.8 Å². The number of thiocarbonyl (C=S) groups is 1. The van der Waals surface area contributed by atoms with Gasteiger partial charge in [0.25, 0.3) is 11.8 Å². The molecule has 0 spiro atoms. The molecule has 0 atom stereocenters. The van der Waals surface area contributed by atoms with Gasteiger partial charge in [0.15, 0.2) is 11.7 Å². The molecule has 3 N–H and O–H groups in total. The topological polar surface area (TPSA) is 79.5 Å². The van der Waals surface area contributed by atoms with E-state index >= 15 is 0 Å². The van der Waals surface area contributed by atoms with Crippen LogP contribution in [0.4, 0.5) is 0 Å². The molecular formula is C17H15Cl2N3O3S. The van der Waals surface area contributed by atoms with Crippen molar-refractivity contribution in [1.82, 2.24) is 16.2 Å². The standard InChI is InChI=1S/C17H15Cl2N3O3S/c1-10-7-13(5-6-14(10)19)25-9-15(23)21-22-17(26)20-16(24)11-3-2-4-12(18)8-11/h2-8H,9H2,1H3,(H,21,23)(H2,20,22,24,26). The van der Waals surface area contributed by atoms with Crippen LogP contribution in [0.1, 0.15) is 15.9 Å². The van der Waals surface area contributed by atoms with Gasteiger partial charge < -0.3 is 4.74 Å². The van der Waals surface area contributed by atoms with Crippen molar-refractivity contribution in [2.24, 2.45) is 0 Å². The van der Waals surface area contributed by atoms with E-state index in [1.807, 2.05) is 6.92 Å². The molecule has 9 heteroatoms. The first-order valence-corrected chi connectivity index (χ1v) is 8.56. The van der Waals surface area contributed by atoms with Crippen molar-refractivity contribution in [1.29, 1.82) is 0 Å². The van der Waals surface area contributed by atoms with Gasteiger partial charge in [0.05, 0.1) is 0 Å². The van der Waals surface area contributed by atoms with Crippen molar-refractivity contribution in [2.75, 3.05) is 6.61 Å². The highest BCUT2D eigenvalue weighted by atomic mass is 35.5. The molecule has 0 bridgehead atoms. The van der Waals surface area contributed by atoms with Crippen LogP contribution in [0.5, 0.6) is 5.75 Å². The van der Waals surface area contributed by atoms with Crippen LogP contribution in [-0.4, -0.2) is 23.5 Å². The first kappa shape index (κ1) is 20.0. The lowest BCUT2D eigenvalue weighted by Gasteiger charge is -2.12. The third-order valence-corrected chi connectivity index (χ3v) is 3.99. The molecule has 2 amide bonds. The molecule has 26 heavy (non-hydrogen) atoms. The molecule has 2 rings (SSSR count). The number of carbonyl (C=O) groups excluding carboxylic acids is 2. The van der Waals surface area contributed by atoms with Crippen LogP contribution in [0.15, 0.2) is 42.5 Å². The van der Waals surface area contributed by atoms with Gasteiger partial charge in [-0.2, -0.15) is 0 Å². The first-order valence-electron chi connectivity index (χ1n) is 7.40. The molecule has 6 nitrogen and oxygen atoms in total. The zero-order valence-corrected chi connectivity index (χ0v) is 16.0. The molecule has 0 unspecified atom stereocenters. The van der Waals surface area contributed by atoms with E-state index in [2.05, 4.69) is 16.2 Å². The summed E-state index contributed by atoms with van der Waals surface area (Å²) in [7, 11) is 0. The van der Waals surface area contributed by atoms with Crippen LogP contribution in [0.25, 0.3) is 0 Å². The monoisotopic (exact) mass is 411 g/mol. The Morgan fingerprint density at radius 1 is 1.12 bits per heavy atom. The molecule has 0 heterocycles. The first-order chi connectivity index (χ1) is 12.3. The second-order valence-corrected chi connectivity index (χ2v) is 6.42. The summed E-state index contributed by atoms with van der Waals surface area (Å²) in [4.78, 5) is 23.7. The van der Waals surface area contributed by atoms with Crippen molar-refractivity contribution in [2.45, 2.75) is 6.92 Å². The van der Waals surface area contributed by atoms with Crippen molar-refractivity contribution < 1.29 is 14.3 Å². The van der Waals surface area contributed by atoms with E-state index in [4.69, 9.17) is 40.2 Å². The maximum atomic E-state index is 12.0. The van der Waals surface area contributed by atoms with E-state index < -0.39 is 11.8 Å². The quantitative estimate of drug-likeness (QED) is 0.532. The van der Waals surface area contributed by atoms with E-state index in [9.17, 15) is 9.59 Å². The number of nitrogens with one attached hydrogen (secondary N) is 3. The molecule has 0 fully saturated rings. The lowest BCUT2D eigenvalue weighted by molar-refractivity contribution is -0.123. The van der Waals surface area contributed by atoms with Crippen LogP contribution in [-0.2, 0) is 4.79 Å². The molecule has 0 saturated carbocycles. The second kappa shape index (κ2) is 9.38. The molecular weight excluding hydrogens is 397 g/mol. The zero-order chi connectivity index (χ0) is 19.1. The maximum absolute atomic E-state index is 12.0. The van der Waals surface area contributed by atoms with E-state index in [-0.39, 0.29) is 11.7 Å². The Kier molecular flexibility index (Phi) is 7.20. The number of hydrazine groups is 1. The van der Waals surface area contributed by atoms with Gasteiger partial charge in [-0.15, -0.1) is 0 Å². The van der Waals surface area contributed by atoms with Gasteiger partial charge in [-0.25, -0.2) is 0 Å². The number of hydrogen-bond donors (Lipinski definition) is 3. The zero-order valence-electron chi connectivity index (χ0n) is 13.6. The Balaban J connectivity index is 1.75. The van der Waals surface area contributed by atoms with Gasteiger partial charge in [0.1, 0.15) is 5.75 Å².